The zero-order valence-corrected chi connectivity index (χ0v) is 13.2. The summed E-state index contributed by atoms with van der Waals surface area (Å²) in [6.07, 6.45) is 6.22. The van der Waals surface area contributed by atoms with Crippen LogP contribution in [0.5, 0.6) is 0 Å². The molecule has 2 rings (SSSR count). The molecular weight excluding hydrogens is 282 g/mol. The quantitative estimate of drug-likeness (QED) is 0.721. The summed E-state index contributed by atoms with van der Waals surface area (Å²) in [7, 11) is 1.97. The van der Waals surface area contributed by atoms with Crippen molar-refractivity contribution in [3.63, 3.8) is 0 Å². The molecule has 2 heterocycles. The van der Waals surface area contributed by atoms with E-state index >= 15 is 0 Å². The van der Waals surface area contributed by atoms with Crippen LogP contribution in [-0.2, 0) is 4.79 Å². The predicted molar refractivity (Wildman–Crippen MR) is 83.8 cm³/mol. The summed E-state index contributed by atoms with van der Waals surface area (Å²) in [4.78, 5) is 37.0. The molecule has 7 heteroatoms. The van der Waals surface area contributed by atoms with Crippen molar-refractivity contribution < 1.29 is 9.59 Å². The second-order valence-corrected chi connectivity index (χ2v) is 5.47. The summed E-state index contributed by atoms with van der Waals surface area (Å²) in [5, 5.41) is 0. The van der Waals surface area contributed by atoms with Crippen molar-refractivity contribution in [1.29, 1.82) is 0 Å². The van der Waals surface area contributed by atoms with Crippen molar-refractivity contribution in [1.82, 2.24) is 19.8 Å². The van der Waals surface area contributed by atoms with Crippen LogP contribution in [0.25, 0.3) is 0 Å². The van der Waals surface area contributed by atoms with Crippen molar-refractivity contribution in [2.24, 2.45) is 0 Å². The fourth-order valence-electron chi connectivity index (χ4n) is 2.33. The molecule has 0 aromatic carbocycles. The first-order valence-electron chi connectivity index (χ1n) is 7.67. The van der Waals surface area contributed by atoms with E-state index in [0.717, 1.165) is 31.6 Å². The van der Waals surface area contributed by atoms with Gasteiger partial charge in [0.05, 0.1) is 12.4 Å². The van der Waals surface area contributed by atoms with Gasteiger partial charge in [0.15, 0.2) is 0 Å². The number of unbranched alkanes of at least 4 members (excludes halogenated alkanes) is 1. The second kappa shape index (κ2) is 7.72. The summed E-state index contributed by atoms with van der Waals surface area (Å²) in [5.74, 6) is 0.650. The molecule has 120 valence electrons. The molecule has 0 atom stereocenters. The molecule has 0 spiro atoms. The number of nitrogens with zero attached hydrogens (tertiary/aromatic N) is 5. The van der Waals surface area contributed by atoms with Crippen molar-refractivity contribution >= 4 is 18.1 Å². The van der Waals surface area contributed by atoms with E-state index in [4.69, 9.17) is 0 Å². The summed E-state index contributed by atoms with van der Waals surface area (Å²) < 4.78 is 0. The number of hydrogen-bond donors (Lipinski definition) is 0. The van der Waals surface area contributed by atoms with E-state index in [9.17, 15) is 9.59 Å². The zero-order chi connectivity index (χ0) is 15.9. The molecule has 1 aromatic heterocycles. The van der Waals surface area contributed by atoms with Gasteiger partial charge in [0.25, 0.3) is 5.91 Å². The van der Waals surface area contributed by atoms with Gasteiger partial charge in [-0.1, -0.05) is 13.3 Å². The van der Waals surface area contributed by atoms with E-state index in [2.05, 4.69) is 16.9 Å². The molecule has 0 radical (unpaired) electrons. The van der Waals surface area contributed by atoms with Crippen LogP contribution in [0, 0.1) is 0 Å². The van der Waals surface area contributed by atoms with E-state index in [0.29, 0.717) is 31.9 Å². The number of hydrogen-bond acceptors (Lipinski definition) is 5. The van der Waals surface area contributed by atoms with Crippen LogP contribution in [-0.4, -0.2) is 71.9 Å². The van der Waals surface area contributed by atoms with Crippen LogP contribution < -0.4 is 4.90 Å². The minimum atomic E-state index is -0.124. The van der Waals surface area contributed by atoms with Gasteiger partial charge >= 0.3 is 0 Å². The minimum Gasteiger partial charge on any atom is -0.358 e. The topological polar surface area (TPSA) is 69.6 Å². The van der Waals surface area contributed by atoms with Gasteiger partial charge in [-0.25, -0.2) is 9.97 Å². The highest BCUT2D eigenvalue weighted by molar-refractivity contribution is 5.92. The van der Waals surface area contributed by atoms with Crippen molar-refractivity contribution in [2.45, 2.75) is 19.8 Å². The smallest absolute Gasteiger partial charge is 0.274 e. The predicted octanol–water partition coefficient (Wildman–Crippen LogP) is 0.627. The second-order valence-electron chi connectivity index (χ2n) is 5.47. The lowest BCUT2D eigenvalue weighted by atomic mass is 10.3. The van der Waals surface area contributed by atoms with E-state index in [-0.39, 0.29) is 5.91 Å². The minimum absolute atomic E-state index is 0.124. The third-order valence-electron chi connectivity index (χ3n) is 3.85. The fourth-order valence-corrected chi connectivity index (χ4v) is 2.33. The molecule has 0 N–H and O–H groups in total. The highest BCUT2D eigenvalue weighted by Crippen LogP contribution is 2.10. The number of carbonyl (C=O) groups excluding carboxylic acids is 2. The van der Waals surface area contributed by atoms with Crippen LogP contribution >= 0.6 is 0 Å². The van der Waals surface area contributed by atoms with E-state index < -0.39 is 0 Å². The van der Waals surface area contributed by atoms with E-state index in [1.807, 2.05) is 11.9 Å². The third-order valence-corrected chi connectivity index (χ3v) is 3.85. The van der Waals surface area contributed by atoms with Gasteiger partial charge in [0.1, 0.15) is 11.5 Å². The van der Waals surface area contributed by atoms with E-state index in [1.54, 1.807) is 16.0 Å². The van der Waals surface area contributed by atoms with Crippen molar-refractivity contribution in [3.05, 3.63) is 18.1 Å². The molecule has 1 aromatic rings. The maximum Gasteiger partial charge on any atom is 0.274 e. The molecule has 22 heavy (non-hydrogen) atoms. The molecule has 1 aliphatic heterocycles. The average molecular weight is 305 g/mol. The number of carbonyl (C=O) groups is 2. The molecule has 1 fully saturated rings. The first kappa shape index (κ1) is 16.2. The van der Waals surface area contributed by atoms with Crippen molar-refractivity contribution in [2.75, 3.05) is 44.7 Å². The van der Waals surface area contributed by atoms with Gasteiger partial charge in [-0.3, -0.25) is 9.59 Å². The number of amides is 2. The van der Waals surface area contributed by atoms with Crippen LogP contribution in [0.15, 0.2) is 12.4 Å². The highest BCUT2D eigenvalue weighted by atomic mass is 16.2. The SMILES string of the molecule is CCCCN(C)c1cnc(C(=O)N2CCN(C=O)CC2)cn1. The molecule has 7 nitrogen and oxygen atoms in total. The lowest BCUT2D eigenvalue weighted by molar-refractivity contribution is -0.119. The van der Waals surface area contributed by atoms with Crippen LogP contribution in [0.1, 0.15) is 30.3 Å². The lowest BCUT2D eigenvalue weighted by Crippen LogP contribution is -2.48. The first-order valence-corrected chi connectivity index (χ1v) is 7.67. The number of rotatable bonds is 6. The number of piperazine rings is 1. The maximum absolute atomic E-state index is 12.4. The Bertz CT molecular complexity index is 497. The molecule has 0 aliphatic carbocycles. The molecule has 1 saturated heterocycles. The third kappa shape index (κ3) is 3.93. The maximum atomic E-state index is 12.4. The Hall–Kier alpha value is -2.18. The standard InChI is InChI=1S/C15H23N5O2/c1-3-4-5-18(2)14-11-16-13(10-17-14)15(22)20-8-6-19(12-21)7-9-20/h10-12H,3-9H2,1-2H3. The Labute approximate surface area is 130 Å². The van der Waals surface area contributed by atoms with Gasteiger partial charge in [0.2, 0.25) is 6.41 Å². The molecule has 0 saturated carbocycles. The lowest BCUT2D eigenvalue weighted by Gasteiger charge is -2.32. The van der Waals surface area contributed by atoms with Gasteiger partial charge in [-0.05, 0) is 6.42 Å². The van der Waals surface area contributed by atoms with Crippen LogP contribution in [0.2, 0.25) is 0 Å². The van der Waals surface area contributed by atoms with Gasteiger partial charge in [0, 0.05) is 39.8 Å². The Morgan fingerprint density at radius 1 is 1.27 bits per heavy atom. The molecule has 1 aliphatic rings. The van der Waals surface area contributed by atoms with Crippen LogP contribution in [0.4, 0.5) is 5.82 Å². The van der Waals surface area contributed by atoms with Crippen LogP contribution in [0.3, 0.4) is 0 Å². The average Bonchev–Trinajstić information content (AvgIpc) is 2.59. The van der Waals surface area contributed by atoms with Gasteiger partial charge in [-0.2, -0.15) is 0 Å². The Morgan fingerprint density at radius 3 is 2.55 bits per heavy atom. The molecule has 0 unspecified atom stereocenters. The Balaban J connectivity index is 1.95. The first-order chi connectivity index (χ1) is 10.7. The molecular formula is C15H23N5O2. The Morgan fingerprint density at radius 2 is 2.00 bits per heavy atom. The van der Waals surface area contributed by atoms with Gasteiger partial charge in [-0.15, -0.1) is 0 Å². The fraction of sp³-hybridized carbons (Fsp3) is 0.600. The summed E-state index contributed by atoms with van der Waals surface area (Å²) >= 11 is 0. The number of aromatic nitrogens is 2. The summed E-state index contributed by atoms with van der Waals surface area (Å²) in [5.41, 5.74) is 0.354. The van der Waals surface area contributed by atoms with Crippen molar-refractivity contribution in [3.8, 4) is 0 Å². The zero-order valence-electron chi connectivity index (χ0n) is 13.2. The normalized spacial score (nSPS) is 14.8. The number of anilines is 1. The molecule has 2 amide bonds. The Kier molecular flexibility index (Phi) is 5.68. The summed E-state index contributed by atoms with van der Waals surface area (Å²) in [6, 6.07) is 0. The van der Waals surface area contributed by atoms with Gasteiger partial charge < -0.3 is 14.7 Å². The highest BCUT2D eigenvalue weighted by Gasteiger charge is 2.22. The molecule has 0 bridgehead atoms. The largest absolute Gasteiger partial charge is 0.358 e. The summed E-state index contributed by atoms with van der Waals surface area (Å²) in [6.45, 7) is 5.29. The van der Waals surface area contributed by atoms with E-state index in [1.165, 1.54) is 6.20 Å². The monoisotopic (exact) mass is 305 g/mol.